The van der Waals surface area contributed by atoms with Crippen LogP contribution < -0.4 is 0 Å². The van der Waals surface area contributed by atoms with Gasteiger partial charge < -0.3 is 9.72 Å². The molecule has 0 saturated carbocycles. The Hall–Kier alpha value is -1.81. The lowest BCUT2D eigenvalue weighted by Gasteiger charge is -2.01. The molecule has 0 saturated heterocycles. The van der Waals surface area contributed by atoms with Crippen molar-refractivity contribution in [3.8, 4) is 0 Å². The molecule has 0 aliphatic rings. The summed E-state index contributed by atoms with van der Waals surface area (Å²) in [5, 5.41) is 1.29. The van der Waals surface area contributed by atoms with E-state index in [1.165, 1.54) is 7.11 Å². The second-order valence-electron chi connectivity index (χ2n) is 4.02. The maximum absolute atomic E-state index is 11.9. The normalized spacial score (nSPS) is 10.6. The first-order valence-corrected chi connectivity index (χ1v) is 5.78. The summed E-state index contributed by atoms with van der Waals surface area (Å²) in [6.45, 7) is 1.90. The second kappa shape index (κ2) is 4.82. The van der Waals surface area contributed by atoms with E-state index in [1.807, 2.05) is 13.0 Å². The third-order valence-electron chi connectivity index (χ3n) is 2.78. The van der Waals surface area contributed by atoms with E-state index in [4.69, 9.17) is 11.6 Å². The first-order valence-electron chi connectivity index (χ1n) is 5.40. The molecule has 0 unspecified atom stereocenters. The number of H-pyrrole nitrogens is 1. The number of halogens is 1. The van der Waals surface area contributed by atoms with Crippen molar-refractivity contribution in [2.75, 3.05) is 7.11 Å². The quantitative estimate of drug-likeness (QED) is 0.527. The van der Waals surface area contributed by atoms with E-state index >= 15 is 0 Å². The Morgan fingerprint density at radius 2 is 2.11 bits per heavy atom. The Bertz CT molecular complexity index is 630. The van der Waals surface area contributed by atoms with Crippen LogP contribution in [0.4, 0.5) is 0 Å². The zero-order chi connectivity index (χ0) is 13.3. The summed E-state index contributed by atoms with van der Waals surface area (Å²) in [6, 6.07) is 3.53. The average Bonchev–Trinajstić information content (AvgIpc) is 2.72. The van der Waals surface area contributed by atoms with Crippen molar-refractivity contribution in [2.45, 2.75) is 13.3 Å². The van der Waals surface area contributed by atoms with E-state index in [2.05, 4.69) is 9.72 Å². The topological polar surface area (TPSA) is 59.2 Å². The lowest BCUT2D eigenvalue weighted by Crippen LogP contribution is -2.09. The van der Waals surface area contributed by atoms with Gasteiger partial charge in [0.25, 0.3) is 0 Å². The molecule has 0 aliphatic heterocycles. The van der Waals surface area contributed by atoms with Crippen LogP contribution in [0.1, 0.15) is 22.3 Å². The van der Waals surface area contributed by atoms with Crippen LogP contribution in [0.3, 0.4) is 0 Å². The number of benzene rings is 1. The van der Waals surface area contributed by atoms with E-state index in [9.17, 15) is 9.59 Å². The van der Waals surface area contributed by atoms with Crippen LogP contribution in [-0.2, 0) is 9.53 Å². The monoisotopic (exact) mass is 265 g/mol. The number of nitrogens with one attached hydrogen (secondary N) is 1. The van der Waals surface area contributed by atoms with E-state index in [1.54, 1.807) is 12.3 Å². The van der Waals surface area contributed by atoms with Crippen LogP contribution in [-0.4, -0.2) is 23.8 Å². The highest BCUT2D eigenvalue weighted by atomic mass is 35.5. The smallest absolute Gasteiger partial charge is 0.313 e. The average molecular weight is 266 g/mol. The molecule has 1 aromatic carbocycles. The van der Waals surface area contributed by atoms with Crippen molar-refractivity contribution in [3.63, 3.8) is 0 Å². The van der Waals surface area contributed by atoms with Gasteiger partial charge in [-0.1, -0.05) is 11.6 Å². The van der Waals surface area contributed by atoms with Gasteiger partial charge in [-0.25, -0.2) is 0 Å². The number of carbonyl (C=O) groups excluding carboxylic acids is 2. The number of hydrogen-bond donors (Lipinski definition) is 1. The van der Waals surface area contributed by atoms with Crippen LogP contribution in [0.2, 0.25) is 5.02 Å². The minimum atomic E-state index is -0.548. The number of Topliss-reactive ketones (excluding diaryl/α,β-unsaturated/α-hetero) is 1. The van der Waals surface area contributed by atoms with Crippen LogP contribution in [0.5, 0.6) is 0 Å². The number of rotatable bonds is 3. The number of ketones is 1. The van der Waals surface area contributed by atoms with Gasteiger partial charge >= 0.3 is 5.97 Å². The summed E-state index contributed by atoms with van der Waals surface area (Å²) in [5.74, 6) is -0.831. The van der Waals surface area contributed by atoms with Crippen LogP contribution >= 0.6 is 11.6 Å². The Balaban J connectivity index is 2.46. The molecule has 94 valence electrons. The zero-order valence-electron chi connectivity index (χ0n) is 10.0. The van der Waals surface area contributed by atoms with Crippen molar-refractivity contribution in [2.24, 2.45) is 0 Å². The maximum Gasteiger partial charge on any atom is 0.313 e. The van der Waals surface area contributed by atoms with Gasteiger partial charge in [-0.15, -0.1) is 0 Å². The van der Waals surface area contributed by atoms with Gasteiger partial charge in [0.15, 0.2) is 5.78 Å². The predicted molar refractivity (Wildman–Crippen MR) is 69.0 cm³/mol. The van der Waals surface area contributed by atoms with Gasteiger partial charge in [0, 0.05) is 27.7 Å². The van der Waals surface area contributed by atoms with Crippen molar-refractivity contribution >= 4 is 34.3 Å². The van der Waals surface area contributed by atoms with Crippen molar-refractivity contribution in [3.05, 3.63) is 34.5 Å². The SMILES string of the molecule is COC(=O)CC(=O)c1c[nH]c2c(C)cc(Cl)cc12. The Morgan fingerprint density at radius 1 is 1.39 bits per heavy atom. The molecule has 1 heterocycles. The molecule has 0 radical (unpaired) electrons. The largest absolute Gasteiger partial charge is 0.469 e. The van der Waals surface area contributed by atoms with Crippen LogP contribution in [0, 0.1) is 6.92 Å². The van der Waals surface area contributed by atoms with Gasteiger partial charge in [-0.2, -0.15) is 0 Å². The fourth-order valence-corrected chi connectivity index (χ4v) is 2.17. The third kappa shape index (κ3) is 2.24. The first kappa shape index (κ1) is 12.6. The molecule has 0 bridgehead atoms. The molecule has 2 rings (SSSR count). The van der Waals surface area contributed by atoms with E-state index < -0.39 is 5.97 Å². The Kier molecular flexibility index (Phi) is 3.39. The Labute approximate surface area is 109 Å². The molecule has 1 N–H and O–H groups in total. The summed E-state index contributed by atoms with van der Waals surface area (Å²) in [6.07, 6.45) is 1.33. The number of aromatic nitrogens is 1. The van der Waals surface area contributed by atoms with Gasteiger partial charge in [-0.3, -0.25) is 9.59 Å². The maximum atomic E-state index is 11.9. The lowest BCUT2D eigenvalue weighted by molar-refractivity contribution is -0.139. The molecule has 18 heavy (non-hydrogen) atoms. The summed E-state index contributed by atoms with van der Waals surface area (Å²) < 4.78 is 4.48. The van der Waals surface area contributed by atoms with E-state index in [0.29, 0.717) is 10.6 Å². The molecule has 5 heteroatoms. The molecule has 1 aromatic heterocycles. The van der Waals surface area contributed by atoms with Crippen molar-refractivity contribution < 1.29 is 14.3 Å². The van der Waals surface area contributed by atoms with Gasteiger partial charge in [0.05, 0.1) is 7.11 Å². The molecular weight excluding hydrogens is 254 g/mol. The minimum absolute atomic E-state index is 0.269. The molecule has 0 aliphatic carbocycles. The molecule has 0 amide bonds. The number of aromatic amines is 1. The highest BCUT2D eigenvalue weighted by Gasteiger charge is 2.17. The molecule has 2 aromatic rings. The number of methoxy groups -OCH3 is 1. The first-order chi connectivity index (χ1) is 8.52. The summed E-state index contributed by atoms with van der Waals surface area (Å²) in [7, 11) is 1.26. The number of esters is 1. The van der Waals surface area contributed by atoms with Gasteiger partial charge in [0.1, 0.15) is 6.42 Å². The summed E-state index contributed by atoms with van der Waals surface area (Å²) >= 11 is 5.97. The lowest BCUT2D eigenvalue weighted by atomic mass is 10.1. The fraction of sp³-hybridized carbons (Fsp3) is 0.231. The van der Waals surface area contributed by atoms with E-state index in [0.717, 1.165) is 16.5 Å². The number of fused-ring (bicyclic) bond motifs is 1. The number of hydrogen-bond acceptors (Lipinski definition) is 3. The summed E-state index contributed by atoms with van der Waals surface area (Å²) in [5.41, 5.74) is 2.27. The molecule has 0 spiro atoms. The van der Waals surface area contributed by atoms with E-state index in [-0.39, 0.29) is 12.2 Å². The number of carbonyl (C=O) groups is 2. The molecule has 0 atom stereocenters. The van der Waals surface area contributed by atoms with Crippen molar-refractivity contribution in [1.29, 1.82) is 0 Å². The highest BCUT2D eigenvalue weighted by molar-refractivity contribution is 6.31. The molecular formula is C13H12ClNO3. The standard InChI is InChI=1S/C13H12ClNO3/c1-7-3-8(14)4-9-10(6-15-13(7)9)11(16)5-12(17)18-2/h3-4,6,15H,5H2,1-2H3. The third-order valence-corrected chi connectivity index (χ3v) is 3.00. The van der Waals surface area contributed by atoms with Gasteiger partial charge in [0.2, 0.25) is 0 Å². The van der Waals surface area contributed by atoms with Gasteiger partial charge in [-0.05, 0) is 24.6 Å². The zero-order valence-corrected chi connectivity index (χ0v) is 10.8. The number of aryl methyl sites for hydroxylation is 1. The Morgan fingerprint density at radius 3 is 2.78 bits per heavy atom. The molecule has 0 fully saturated rings. The highest BCUT2D eigenvalue weighted by Crippen LogP contribution is 2.26. The second-order valence-corrected chi connectivity index (χ2v) is 4.46. The summed E-state index contributed by atoms with van der Waals surface area (Å²) in [4.78, 5) is 26.1. The molecule has 4 nitrogen and oxygen atoms in total. The number of ether oxygens (including phenoxy) is 1. The predicted octanol–water partition coefficient (Wildman–Crippen LogP) is 2.88. The van der Waals surface area contributed by atoms with Crippen LogP contribution in [0.25, 0.3) is 10.9 Å². The van der Waals surface area contributed by atoms with Crippen molar-refractivity contribution in [1.82, 2.24) is 4.98 Å². The minimum Gasteiger partial charge on any atom is -0.469 e. The van der Waals surface area contributed by atoms with Crippen LogP contribution in [0.15, 0.2) is 18.3 Å². The fourth-order valence-electron chi connectivity index (χ4n) is 1.90.